The van der Waals surface area contributed by atoms with Crippen LogP contribution < -0.4 is 15.6 Å². The van der Waals surface area contributed by atoms with Crippen LogP contribution >= 0.6 is 0 Å². The van der Waals surface area contributed by atoms with Crippen LogP contribution in [0.25, 0.3) is 21.9 Å². The third-order valence-corrected chi connectivity index (χ3v) is 5.87. The minimum absolute atomic E-state index is 0.0520. The number of ether oxygens (including phenoxy) is 1. The van der Waals surface area contributed by atoms with E-state index in [0.717, 1.165) is 5.56 Å². The first-order valence-electron chi connectivity index (χ1n) is 11.3. The van der Waals surface area contributed by atoms with Gasteiger partial charge in [0.15, 0.2) is 5.82 Å². The van der Waals surface area contributed by atoms with Gasteiger partial charge in [-0.15, -0.1) is 0 Å². The number of carbonyl (C=O) groups excluding carboxylic acids is 1. The molecule has 0 fully saturated rings. The van der Waals surface area contributed by atoms with Gasteiger partial charge in [0, 0.05) is 18.4 Å². The van der Waals surface area contributed by atoms with Gasteiger partial charge >= 0.3 is 0 Å². The fourth-order valence-electron chi connectivity index (χ4n) is 4.03. The Hall–Kier alpha value is -4.54. The second-order valence-corrected chi connectivity index (χ2v) is 8.21. The van der Waals surface area contributed by atoms with Crippen LogP contribution in [-0.2, 0) is 30.8 Å². The van der Waals surface area contributed by atoms with Gasteiger partial charge in [0.25, 0.3) is 5.56 Å². The van der Waals surface area contributed by atoms with Crippen molar-refractivity contribution in [3.63, 3.8) is 0 Å². The zero-order chi connectivity index (χ0) is 25.2. The van der Waals surface area contributed by atoms with Crippen LogP contribution in [0.5, 0.6) is 5.75 Å². The summed E-state index contributed by atoms with van der Waals surface area (Å²) in [5.41, 5.74) is 1.80. The molecule has 1 amide bonds. The van der Waals surface area contributed by atoms with Gasteiger partial charge in [0.2, 0.25) is 11.8 Å². The maximum absolute atomic E-state index is 13.6. The second-order valence-electron chi connectivity index (χ2n) is 8.21. The highest BCUT2D eigenvalue weighted by Crippen LogP contribution is 2.29. The molecule has 184 valence electrons. The predicted octanol–water partition coefficient (Wildman–Crippen LogP) is 2.81. The summed E-state index contributed by atoms with van der Waals surface area (Å²) in [5.74, 6) is 0.781. The lowest BCUT2D eigenvalue weighted by Gasteiger charge is -2.10. The number of nitrogens with one attached hydrogen (secondary N) is 1. The van der Waals surface area contributed by atoms with Crippen molar-refractivity contribution in [3.05, 3.63) is 82.2 Å². The Bertz CT molecular complexity index is 1620. The zero-order valence-electron chi connectivity index (χ0n) is 19.7. The molecule has 5 rings (SSSR count). The van der Waals surface area contributed by atoms with E-state index in [1.165, 1.54) is 23.0 Å². The first kappa shape index (κ1) is 23.2. The van der Waals surface area contributed by atoms with E-state index in [1.807, 2.05) is 6.92 Å². The molecule has 11 heteroatoms. The molecule has 0 aliphatic heterocycles. The number of aryl methyl sites for hydroxylation is 1. The van der Waals surface area contributed by atoms with Gasteiger partial charge in [-0.2, -0.15) is 4.98 Å². The Balaban J connectivity index is 1.53. The van der Waals surface area contributed by atoms with Gasteiger partial charge in [-0.25, -0.2) is 9.37 Å². The van der Waals surface area contributed by atoms with Crippen LogP contribution in [0.15, 0.2) is 58.1 Å². The highest BCUT2D eigenvalue weighted by molar-refractivity contribution is 6.06. The van der Waals surface area contributed by atoms with Crippen LogP contribution in [0.2, 0.25) is 0 Å². The number of methoxy groups -OCH3 is 1. The third kappa shape index (κ3) is 4.42. The van der Waals surface area contributed by atoms with Crippen molar-refractivity contribution in [2.24, 2.45) is 0 Å². The topological polar surface area (TPSA) is 117 Å². The average Bonchev–Trinajstić information content (AvgIpc) is 3.47. The predicted molar refractivity (Wildman–Crippen MR) is 129 cm³/mol. The number of halogens is 1. The lowest BCUT2D eigenvalue weighted by molar-refractivity contribution is -0.121. The number of hydrogen-bond donors (Lipinski definition) is 1. The minimum atomic E-state index is -0.349. The molecule has 0 aliphatic rings. The minimum Gasteiger partial charge on any atom is -0.497 e. The molecule has 3 aromatic heterocycles. The normalized spacial score (nSPS) is 11.3. The molecule has 5 aromatic rings. The Morgan fingerprint density at radius 1 is 1.19 bits per heavy atom. The molecule has 0 radical (unpaired) electrons. The van der Waals surface area contributed by atoms with Crippen molar-refractivity contribution in [2.75, 3.05) is 7.11 Å². The summed E-state index contributed by atoms with van der Waals surface area (Å²) in [6.07, 6.45) is 2.04. The largest absolute Gasteiger partial charge is 0.497 e. The number of fused-ring (bicyclic) bond motifs is 3. The van der Waals surface area contributed by atoms with Gasteiger partial charge in [-0.05, 0) is 35.9 Å². The molecule has 0 saturated heterocycles. The first-order chi connectivity index (χ1) is 17.5. The van der Waals surface area contributed by atoms with Crippen LogP contribution in [0, 0.1) is 5.82 Å². The SMILES string of the molecule is CCc1noc(Cn2cnc3c4cc(OC)ccc4n(CC(=O)NCc4ccc(F)cc4)c3c2=O)n1. The highest BCUT2D eigenvalue weighted by Gasteiger charge is 2.20. The summed E-state index contributed by atoms with van der Waals surface area (Å²) in [7, 11) is 1.55. The summed E-state index contributed by atoms with van der Waals surface area (Å²) in [4.78, 5) is 35.2. The van der Waals surface area contributed by atoms with E-state index < -0.39 is 0 Å². The molecule has 36 heavy (non-hydrogen) atoms. The maximum atomic E-state index is 13.6. The lowest BCUT2D eigenvalue weighted by atomic mass is 10.2. The maximum Gasteiger partial charge on any atom is 0.278 e. The number of nitrogens with zero attached hydrogens (tertiary/aromatic N) is 5. The fraction of sp³-hybridized carbons (Fsp3) is 0.240. The average molecular weight is 490 g/mol. The molecule has 0 atom stereocenters. The van der Waals surface area contributed by atoms with E-state index in [-0.39, 0.29) is 48.3 Å². The van der Waals surface area contributed by atoms with Crippen molar-refractivity contribution in [1.29, 1.82) is 0 Å². The monoisotopic (exact) mass is 490 g/mol. The molecule has 10 nitrogen and oxygen atoms in total. The molecule has 3 heterocycles. The second kappa shape index (κ2) is 9.61. The van der Waals surface area contributed by atoms with Crippen LogP contribution in [-0.4, -0.2) is 37.3 Å². The summed E-state index contributed by atoms with van der Waals surface area (Å²) in [6, 6.07) is 11.2. The Labute approximate surface area is 204 Å². The van der Waals surface area contributed by atoms with Gasteiger partial charge < -0.3 is 19.1 Å². The van der Waals surface area contributed by atoms with Crippen LogP contribution in [0.4, 0.5) is 4.39 Å². The molecular formula is C25H23FN6O4. The standard InChI is InChI=1S/C25H23FN6O4/c1-3-20-29-22(36-30-20)13-31-14-28-23-18-10-17(35-2)8-9-19(18)32(24(23)25(31)34)12-21(33)27-11-15-4-6-16(26)7-5-15/h4-10,14H,3,11-13H2,1-2H3,(H,27,33). The Kier molecular flexibility index (Phi) is 6.19. The van der Waals surface area contributed by atoms with E-state index in [9.17, 15) is 14.0 Å². The molecule has 0 bridgehead atoms. The number of hydrogen-bond acceptors (Lipinski definition) is 7. The van der Waals surface area contributed by atoms with E-state index in [1.54, 1.807) is 42.0 Å². The van der Waals surface area contributed by atoms with Crippen molar-refractivity contribution >= 4 is 27.8 Å². The van der Waals surface area contributed by atoms with Crippen molar-refractivity contribution in [1.82, 2.24) is 29.6 Å². The van der Waals surface area contributed by atoms with E-state index in [4.69, 9.17) is 9.26 Å². The van der Waals surface area contributed by atoms with Crippen molar-refractivity contribution in [3.8, 4) is 5.75 Å². The van der Waals surface area contributed by atoms with Crippen LogP contribution in [0.1, 0.15) is 24.2 Å². The Morgan fingerprint density at radius 3 is 2.72 bits per heavy atom. The number of aromatic nitrogens is 5. The molecule has 0 unspecified atom stereocenters. The molecule has 0 aliphatic carbocycles. The van der Waals surface area contributed by atoms with Gasteiger partial charge in [0.1, 0.15) is 35.7 Å². The molecule has 2 aromatic carbocycles. The summed E-state index contributed by atoms with van der Waals surface area (Å²) < 4.78 is 26.8. The van der Waals surface area contributed by atoms with Gasteiger partial charge in [0.05, 0.1) is 19.0 Å². The molecular weight excluding hydrogens is 467 g/mol. The van der Waals surface area contributed by atoms with E-state index in [2.05, 4.69) is 20.4 Å². The summed E-state index contributed by atoms with van der Waals surface area (Å²) >= 11 is 0. The van der Waals surface area contributed by atoms with E-state index >= 15 is 0 Å². The zero-order valence-corrected chi connectivity index (χ0v) is 19.7. The number of amides is 1. The van der Waals surface area contributed by atoms with Crippen molar-refractivity contribution in [2.45, 2.75) is 33.0 Å². The Morgan fingerprint density at radius 2 is 2.00 bits per heavy atom. The summed E-state index contributed by atoms with van der Waals surface area (Å²) in [5, 5.41) is 7.38. The van der Waals surface area contributed by atoms with Gasteiger partial charge in [-0.3, -0.25) is 14.2 Å². The third-order valence-electron chi connectivity index (χ3n) is 5.87. The smallest absolute Gasteiger partial charge is 0.278 e. The molecule has 0 spiro atoms. The number of carbonyl (C=O) groups is 1. The quantitative estimate of drug-likeness (QED) is 0.355. The number of rotatable bonds is 8. The van der Waals surface area contributed by atoms with Crippen molar-refractivity contribution < 1.29 is 18.4 Å². The number of benzene rings is 2. The first-order valence-corrected chi connectivity index (χ1v) is 11.3. The van der Waals surface area contributed by atoms with E-state index in [0.29, 0.717) is 34.4 Å². The molecule has 0 saturated carbocycles. The van der Waals surface area contributed by atoms with Crippen LogP contribution in [0.3, 0.4) is 0 Å². The highest BCUT2D eigenvalue weighted by atomic mass is 19.1. The molecule has 1 N–H and O–H groups in total. The summed E-state index contributed by atoms with van der Waals surface area (Å²) in [6.45, 7) is 2.07. The fourth-order valence-corrected chi connectivity index (χ4v) is 4.03. The van der Waals surface area contributed by atoms with Gasteiger partial charge in [-0.1, -0.05) is 24.2 Å². The lowest BCUT2D eigenvalue weighted by Crippen LogP contribution is -2.29.